The lowest BCUT2D eigenvalue weighted by Crippen LogP contribution is -2.48. The Hall–Kier alpha value is -2.33. The van der Waals surface area contributed by atoms with Crippen LogP contribution in [-0.4, -0.2) is 37.9 Å². The number of sulfonamides is 1. The Morgan fingerprint density at radius 1 is 1.21 bits per heavy atom. The van der Waals surface area contributed by atoms with Gasteiger partial charge in [-0.05, 0) is 36.8 Å². The lowest BCUT2D eigenvalue weighted by Gasteiger charge is -2.21. The van der Waals surface area contributed by atoms with Gasteiger partial charge in [-0.15, -0.1) is 0 Å². The van der Waals surface area contributed by atoms with E-state index in [1.54, 1.807) is 31.2 Å². The average Bonchev–Trinajstić information content (AvgIpc) is 3.14. The minimum atomic E-state index is -3.76. The predicted octanol–water partition coefficient (Wildman–Crippen LogP) is 1.83. The van der Waals surface area contributed by atoms with Crippen LogP contribution >= 0.6 is 0 Å². The van der Waals surface area contributed by atoms with Gasteiger partial charge in [-0.25, -0.2) is 23.7 Å². The highest BCUT2D eigenvalue weighted by Gasteiger charge is 2.29. The summed E-state index contributed by atoms with van der Waals surface area (Å²) in [5, 5.41) is 2.78. The van der Waals surface area contributed by atoms with Crippen LogP contribution in [0, 0.1) is 12.7 Å². The molecule has 1 aliphatic rings. The van der Waals surface area contributed by atoms with Gasteiger partial charge in [0.15, 0.2) is 0 Å². The van der Waals surface area contributed by atoms with Crippen molar-refractivity contribution in [3.05, 3.63) is 65.5 Å². The van der Waals surface area contributed by atoms with E-state index in [0.717, 1.165) is 15.4 Å². The largest absolute Gasteiger partial charge is 0.338 e. The third-order valence-corrected chi connectivity index (χ3v) is 6.76. The van der Waals surface area contributed by atoms with Crippen molar-refractivity contribution in [2.45, 2.75) is 37.4 Å². The van der Waals surface area contributed by atoms with Gasteiger partial charge in [0.2, 0.25) is 15.9 Å². The highest BCUT2D eigenvalue weighted by atomic mass is 32.2. The SMILES string of the molecule is CCN(CC(=O)NC1CC(c2cccc(F)c2)NN1)S(=O)(=O)c1ccc(C)cc1. The summed E-state index contributed by atoms with van der Waals surface area (Å²) in [4.78, 5) is 12.6. The summed E-state index contributed by atoms with van der Waals surface area (Å²) in [7, 11) is -3.76. The zero-order chi connectivity index (χ0) is 21.0. The maximum absolute atomic E-state index is 13.4. The van der Waals surface area contributed by atoms with Crippen LogP contribution in [0.2, 0.25) is 0 Å². The Kier molecular flexibility index (Phi) is 6.63. The van der Waals surface area contributed by atoms with Crippen molar-refractivity contribution in [1.29, 1.82) is 0 Å². The molecule has 9 heteroatoms. The molecule has 3 rings (SSSR count). The van der Waals surface area contributed by atoms with Crippen molar-refractivity contribution in [1.82, 2.24) is 20.5 Å². The van der Waals surface area contributed by atoms with Crippen molar-refractivity contribution >= 4 is 15.9 Å². The predicted molar refractivity (Wildman–Crippen MR) is 108 cm³/mol. The van der Waals surface area contributed by atoms with Gasteiger partial charge in [0.1, 0.15) is 5.82 Å². The second kappa shape index (κ2) is 9.00. The standard InChI is InChI=1S/C20H25FN4O3S/c1-3-25(29(27,28)17-9-7-14(2)8-10-17)13-20(26)22-19-12-18(23-24-19)15-5-4-6-16(21)11-15/h4-11,18-19,23-24H,3,12-13H2,1-2H3,(H,22,26). The summed E-state index contributed by atoms with van der Waals surface area (Å²) in [5.74, 6) is -0.738. The molecule has 2 aromatic carbocycles. The van der Waals surface area contributed by atoms with E-state index >= 15 is 0 Å². The molecular formula is C20H25FN4O3S. The van der Waals surface area contributed by atoms with E-state index in [2.05, 4.69) is 16.2 Å². The molecule has 7 nitrogen and oxygen atoms in total. The zero-order valence-corrected chi connectivity index (χ0v) is 17.2. The van der Waals surface area contributed by atoms with Gasteiger partial charge in [-0.2, -0.15) is 4.31 Å². The third kappa shape index (κ3) is 5.18. The average molecular weight is 421 g/mol. The van der Waals surface area contributed by atoms with Gasteiger partial charge in [0, 0.05) is 19.0 Å². The number of aryl methyl sites for hydroxylation is 1. The maximum Gasteiger partial charge on any atom is 0.243 e. The first-order chi connectivity index (χ1) is 13.8. The van der Waals surface area contributed by atoms with Gasteiger partial charge in [0.25, 0.3) is 0 Å². The number of hydrazine groups is 1. The van der Waals surface area contributed by atoms with Gasteiger partial charge in [0.05, 0.1) is 17.6 Å². The fraction of sp³-hybridized carbons (Fsp3) is 0.350. The van der Waals surface area contributed by atoms with E-state index in [4.69, 9.17) is 0 Å². The number of carbonyl (C=O) groups is 1. The van der Waals surface area contributed by atoms with Crippen molar-refractivity contribution in [3.63, 3.8) is 0 Å². The molecule has 1 aliphatic heterocycles. The van der Waals surface area contributed by atoms with E-state index in [-0.39, 0.29) is 29.8 Å². The molecule has 0 radical (unpaired) electrons. The van der Waals surface area contributed by atoms with Crippen molar-refractivity contribution < 1.29 is 17.6 Å². The van der Waals surface area contributed by atoms with Crippen LogP contribution in [0.5, 0.6) is 0 Å². The van der Waals surface area contributed by atoms with E-state index in [0.29, 0.717) is 6.42 Å². The molecule has 0 spiro atoms. The van der Waals surface area contributed by atoms with E-state index in [9.17, 15) is 17.6 Å². The quantitative estimate of drug-likeness (QED) is 0.636. The monoisotopic (exact) mass is 420 g/mol. The molecular weight excluding hydrogens is 395 g/mol. The number of rotatable bonds is 7. The van der Waals surface area contributed by atoms with Gasteiger partial charge in [-0.1, -0.05) is 36.8 Å². The molecule has 2 unspecified atom stereocenters. The first-order valence-corrected chi connectivity index (χ1v) is 10.9. The summed E-state index contributed by atoms with van der Waals surface area (Å²) in [6, 6.07) is 12.6. The Bertz CT molecular complexity index is 966. The number of amides is 1. The number of benzene rings is 2. The fourth-order valence-corrected chi connectivity index (χ4v) is 4.62. The minimum absolute atomic E-state index is 0.157. The van der Waals surface area contributed by atoms with Crippen LogP contribution < -0.4 is 16.2 Å². The summed E-state index contributed by atoms with van der Waals surface area (Å²) >= 11 is 0. The first kappa shape index (κ1) is 21.4. The van der Waals surface area contributed by atoms with Crippen LogP contribution in [0.1, 0.15) is 30.5 Å². The summed E-state index contributed by atoms with van der Waals surface area (Å²) in [5.41, 5.74) is 7.70. The van der Waals surface area contributed by atoms with Crippen LogP contribution in [0.3, 0.4) is 0 Å². The first-order valence-electron chi connectivity index (χ1n) is 9.42. The Labute approximate surface area is 170 Å². The number of halogens is 1. The molecule has 1 amide bonds. The molecule has 1 fully saturated rings. The molecule has 1 saturated heterocycles. The van der Waals surface area contributed by atoms with Crippen molar-refractivity contribution in [2.24, 2.45) is 0 Å². The van der Waals surface area contributed by atoms with Crippen molar-refractivity contribution in [3.8, 4) is 0 Å². The summed E-state index contributed by atoms with van der Waals surface area (Å²) in [6.45, 7) is 3.46. The Morgan fingerprint density at radius 3 is 2.59 bits per heavy atom. The van der Waals surface area contributed by atoms with E-state index < -0.39 is 22.1 Å². The van der Waals surface area contributed by atoms with Crippen LogP contribution in [0.4, 0.5) is 4.39 Å². The second-order valence-electron chi connectivity index (χ2n) is 7.00. The molecule has 29 heavy (non-hydrogen) atoms. The molecule has 1 heterocycles. The van der Waals surface area contributed by atoms with E-state index in [1.165, 1.54) is 24.3 Å². The van der Waals surface area contributed by atoms with Gasteiger partial charge < -0.3 is 5.32 Å². The minimum Gasteiger partial charge on any atom is -0.338 e. The Morgan fingerprint density at radius 2 is 1.93 bits per heavy atom. The number of carbonyl (C=O) groups excluding carboxylic acids is 1. The molecule has 156 valence electrons. The van der Waals surface area contributed by atoms with Gasteiger partial charge >= 0.3 is 0 Å². The number of likely N-dealkylation sites (N-methyl/N-ethyl adjacent to an activating group) is 1. The highest BCUT2D eigenvalue weighted by Crippen LogP contribution is 2.22. The third-order valence-electron chi connectivity index (χ3n) is 4.82. The highest BCUT2D eigenvalue weighted by molar-refractivity contribution is 7.89. The topological polar surface area (TPSA) is 90.5 Å². The number of nitrogens with zero attached hydrogens (tertiary/aromatic N) is 1. The number of hydrogen-bond acceptors (Lipinski definition) is 5. The van der Waals surface area contributed by atoms with Crippen LogP contribution in [0.15, 0.2) is 53.4 Å². The molecule has 3 N–H and O–H groups in total. The van der Waals surface area contributed by atoms with Crippen LogP contribution in [-0.2, 0) is 14.8 Å². The molecule has 0 aliphatic carbocycles. The fourth-order valence-electron chi connectivity index (χ4n) is 3.22. The maximum atomic E-state index is 13.4. The van der Waals surface area contributed by atoms with E-state index in [1.807, 2.05) is 6.92 Å². The molecule has 0 saturated carbocycles. The molecule has 2 aromatic rings. The molecule has 0 bridgehead atoms. The van der Waals surface area contributed by atoms with Crippen molar-refractivity contribution in [2.75, 3.05) is 13.1 Å². The zero-order valence-electron chi connectivity index (χ0n) is 16.4. The number of hydrogen-bond donors (Lipinski definition) is 3. The summed E-state index contributed by atoms with van der Waals surface area (Å²) < 4.78 is 40.1. The Balaban J connectivity index is 1.60. The van der Waals surface area contributed by atoms with Gasteiger partial charge in [-0.3, -0.25) is 4.79 Å². The summed E-state index contributed by atoms with van der Waals surface area (Å²) in [6.07, 6.45) is 0.114. The smallest absolute Gasteiger partial charge is 0.243 e. The lowest BCUT2D eigenvalue weighted by molar-refractivity contribution is -0.122. The molecule has 2 atom stereocenters. The number of nitrogens with one attached hydrogen (secondary N) is 3. The normalized spacial score (nSPS) is 19.4. The van der Waals surface area contributed by atoms with Crippen LogP contribution in [0.25, 0.3) is 0 Å². The second-order valence-corrected chi connectivity index (χ2v) is 8.93. The lowest BCUT2D eigenvalue weighted by atomic mass is 10.0. The molecule has 0 aromatic heterocycles.